The zero-order valence-corrected chi connectivity index (χ0v) is 12.0. The minimum atomic E-state index is 0.469. The Balaban J connectivity index is 1.91. The highest BCUT2D eigenvalue weighted by Crippen LogP contribution is 2.26. The number of hydrogen-bond acceptors (Lipinski definition) is 4. The van der Waals surface area contributed by atoms with Crippen LogP contribution in [0.15, 0.2) is 12.1 Å². The maximum atomic E-state index is 5.88. The second kappa shape index (κ2) is 6.64. The number of nitrogens with one attached hydrogen (secondary N) is 1. The van der Waals surface area contributed by atoms with E-state index >= 15 is 0 Å². The van der Waals surface area contributed by atoms with Gasteiger partial charge in [0.05, 0.1) is 12.3 Å². The lowest BCUT2D eigenvalue weighted by Gasteiger charge is -2.14. The van der Waals surface area contributed by atoms with Gasteiger partial charge in [-0.25, -0.2) is 0 Å². The van der Waals surface area contributed by atoms with Crippen LogP contribution in [0.3, 0.4) is 0 Å². The highest BCUT2D eigenvalue weighted by Gasteiger charge is 2.15. The summed E-state index contributed by atoms with van der Waals surface area (Å²) in [6, 6.07) is 3.78. The van der Waals surface area contributed by atoms with Gasteiger partial charge in [0, 0.05) is 6.54 Å². The first-order valence-corrected chi connectivity index (χ1v) is 7.28. The molecule has 1 aromatic heterocycles. The van der Waals surface area contributed by atoms with E-state index in [4.69, 9.17) is 10.5 Å². The van der Waals surface area contributed by atoms with Gasteiger partial charge in [-0.05, 0) is 36.8 Å². The van der Waals surface area contributed by atoms with Crippen LogP contribution in [-0.2, 0) is 0 Å². The molecule has 0 bridgehead atoms. The molecule has 0 amide bonds. The van der Waals surface area contributed by atoms with Gasteiger partial charge in [-0.1, -0.05) is 26.7 Å². The molecule has 0 radical (unpaired) electrons. The lowest BCUT2D eigenvalue weighted by molar-refractivity contribution is 0.263. The normalized spacial score (nSPS) is 15.9. The first-order chi connectivity index (χ1) is 9.15. The van der Waals surface area contributed by atoms with Crippen LogP contribution in [0.2, 0.25) is 0 Å². The monoisotopic (exact) mass is 263 g/mol. The summed E-state index contributed by atoms with van der Waals surface area (Å²) < 4.78 is 5.63. The van der Waals surface area contributed by atoms with Gasteiger partial charge in [0.1, 0.15) is 5.82 Å². The van der Waals surface area contributed by atoms with Crippen LogP contribution in [0.4, 0.5) is 11.5 Å². The molecule has 0 aliphatic heterocycles. The third kappa shape index (κ3) is 4.30. The van der Waals surface area contributed by atoms with Crippen molar-refractivity contribution in [3.8, 4) is 5.88 Å². The zero-order valence-electron chi connectivity index (χ0n) is 12.0. The molecular formula is C15H25N3O. The first-order valence-electron chi connectivity index (χ1n) is 7.28. The van der Waals surface area contributed by atoms with Crippen LogP contribution in [-0.4, -0.2) is 18.1 Å². The van der Waals surface area contributed by atoms with E-state index < -0.39 is 0 Å². The highest BCUT2D eigenvalue weighted by molar-refractivity contribution is 5.53. The van der Waals surface area contributed by atoms with Gasteiger partial charge in [-0.3, -0.25) is 0 Å². The lowest BCUT2D eigenvalue weighted by Crippen LogP contribution is -2.13. The molecule has 1 aliphatic carbocycles. The maximum absolute atomic E-state index is 5.88. The third-order valence-corrected chi connectivity index (χ3v) is 3.49. The molecule has 106 valence electrons. The summed E-state index contributed by atoms with van der Waals surface area (Å²) in [5.74, 6) is 2.67. The van der Waals surface area contributed by atoms with Crippen molar-refractivity contribution in [3.63, 3.8) is 0 Å². The Bertz CT molecular complexity index is 400. The molecule has 0 spiro atoms. The summed E-state index contributed by atoms with van der Waals surface area (Å²) in [7, 11) is 0. The number of nitrogens with zero attached hydrogens (tertiary/aromatic N) is 1. The van der Waals surface area contributed by atoms with E-state index in [9.17, 15) is 0 Å². The van der Waals surface area contributed by atoms with Gasteiger partial charge in [-0.2, -0.15) is 4.98 Å². The number of nitrogen functional groups attached to an aromatic ring is 1. The average molecular weight is 263 g/mol. The van der Waals surface area contributed by atoms with Gasteiger partial charge in [0.25, 0.3) is 0 Å². The largest absolute Gasteiger partial charge is 0.476 e. The Morgan fingerprint density at radius 1 is 1.37 bits per heavy atom. The van der Waals surface area contributed by atoms with Crippen molar-refractivity contribution in [1.82, 2.24) is 4.98 Å². The average Bonchev–Trinajstić information content (AvgIpc) is 2.89. The maximum Gasteiger partial charge on any atom is 0.239 e. The van der Waals surface area contributed by atoms with Crippen LogP contribution < -0.4 is 15.8 Å². The predicted octanol–water partition coefficient (Wildman–Crippen LogP) is 3.30. The molecule has 0 aromatic carbocycles. The fourth-order valence-electron chi connectivity index (χ4n) is 2.37. The summed E-state index contributed by atoms with van der Waals surface area (Å²) in [5.41, 5.74) is 6.48. The van der Waals surface area contributed by atoms with Crippen LogP contribution >= 0.6 is 0 Å². The molecule has 1 aromatic rings. The van der Waals surface area contributed by atoms with Crippen molar-refractivity contribution >= 4 is 11.5 Å². The van der Waals surface area contributed by atoms with Crippen LogP contribution in [0.5, 0.6) is 5.88 Å². The zero-order chi connectivity index (χ0) is 13.7. The molecule has 0 saturated heterocycles. The molecule has 2 rings (SSSR count). The van der Waals surface area contributed by atoms with E-state index in [2.05, 4.69) is 24.1 Å². The number of nitrogens with two attached hydrogens (primary N) is 1. The Hall–Kier alpha value is -1.45. The summed E-state index contributed by atoms with van der Waals surface area (Å²) in [6.45, 7) is 5.86. The summed E-state index contributed by atoms with van der Waals surface area (Å²) in [4.78, 5) is 4.45. The predicted molar refractivity (Wildman–Crippen MR) is 79.4 cm³/mol. The second-order valence-electron chi connectivity index (χ2n) is 5.83. The van der Waals surface area contributed by atoms with E-state index in [1.807, 2.05) is 12.1 Å². The minimum absolute atomic E-state index is 0.469. The molecule has 3 N–H and O–H groups in total. The number of anilines is 2. The van der Waals surface area contributed by atoms with Crippen molar-refractivity contribution in [2.45, 2.75) is 39.5 Å². The quantitative estimate of drug-likeness (QED) is 0.826. The van der Waals surface area contributed by atoms with Gasteiger partial charge < -0.3 is 15.8 Å². The fraction of sp³-hybridized carbons (Fsp3) is 0.667. The number of ether oxygens (including phenoxy) is 1. The standard InChI is InChI=1S/C15H25N3O/c1-11(2)10-19-15-13(16)7-8-14(18-15)17-9-12-5-3-4-6-12/h7-8,11-12H,3-6,9-10,16H2,1-2H3,(H,17,18). The Kier molecular flexibility index (Phi) is 4.88. The molecule has 1 aliphatic rings. The Morgan fingerprint density at radius 2 is 2.11 bits per heavy atom. The van der Waals surface area contributed by atoms with Gasteiger partial charge in [-0.15, -0.1) is 0 Å². The minimum Gasteiger partial charge on any atom is -0.476 e. The van der Waals surface area contributed by atoms with E-state index in [0.29, 0.717) is 24.1 Å². The van der Waals surface area contributed by atoms with Crippen molar-refractivity contribution < 1.29 is 4.74 Å². The van der Waals surface area contributed by atoms with E-state index in [1.165, 1.54) is 25.7 Å². The molecule has 19 heavy (non-hydrogen) atoms. The second-order valence-corrected chi connectivity index (χ2v) is 5.83. The number of rotatable bonds is 6. The van der Waals surface area contributed by atoms with Crippen molar-refractivity contribution in [2.75, 3.05) is 24.2 Å². The summed E-state index contributed by atoms with van der Waals surface area (Å²) in [5, 5.41) is 3.40. The molecule has 4 nitrogen and oxygen atoms in total. The van der Waals surface area contributed by atoms with Crippen LogP contribution in [0.25, 0.3) is 0 Å². The molecule has 0 atom stereocenters. The van der Waals surface area contributed by atoms with E-state index in [0.717, 1.165) is 18.3 Å². The van der Waals surface area contributed by atoms with Gasteiger partial charge in [0.15, 0.2) is 0 Å². The molecule has 4 heteroatoms. The van der Waals surface area contributed by atoms with Gasteiger partial charge >= 0.3 is 0 Å². The smallest absolute Gasteiger partial charge is 0.239 e. The highest BCUT2D eigenvalue weighted by atomic mass is 16.5. The molecule has 1 saturated carbocycles. The SMILES string of the molecule is CC(C)COc1nc(NCC2CCCC2)ccc1N. The van der Waals surface area contributed by atoms with Crippen molar-refractivity contribution in [3.05, 3.63) is 12.1 Å². The van der Waals surface area contributed by atoms with E-state index in [1.54, 1.807) is 0 Å². The van der Waals surface area contributed by atoms with Crippen LogP contribution in [0, 0.1) is 11.8 Å². The molecule has 1 fully saturated rings. The van der Waals surface area contributed by atoms with Gasteiger partial charge in [0.2, 0.25) is 5.88 Å². The van der Waals surface area contributed by atoms with Crippen molar-refractivity contribution in [2.24, 2.45) is 11.8 Å². The summed E-state index contributed by atoms with van der Waals surface area (Å²) >= 11 is 0. The Labute approximate surface area is 115 Å². The lowest BCUT2D eigenvalue weighted by atomic mass is 10.1. The number of hydrogen-bond donors (Lipinski definition) is 2. The molecule has 1 heterocycles. The van der Waals surface area contributed by atoms with E-state index in [-0.39, 0.29) is 0 Å². The first kappa shape index (κ1) is 14.0. The summed E-state index contributed by atoms with van der Waals surface area (Å²) in [6.07, 6.45) is 5.39. The Morgan fingerprint density at radius 3 is 2.79 bits per heavy atom. The molecular weight excluding hydrogens is 238 g/mol. The topological polar surface area (TPSA) is 60.2 Å². The van der Waals surface area contributed by atoms with Crippen molar-refractivity contribution in [1.29, 1.82) is 0 Å². The third-order valence-electron chi connectivity index (χ3n) is 3.49. The fourth-order valence-corrected chi connectivity index (χ4v) is 2.37. The number of pyridine rings is 1. The number of aromatic nitrogens is 1. The molecule has 0 unspecified atom stereocenters. The van der Waals surface area contributed by atoms with Crippen LogP contribution in [0.1, 0.15) is 39.5 Å².